The topological polar surface area (TPSA) is 9.23 Å². The Morgan fingerprint density at radius 2 is 2.13 bits per heavy atom. The van der Waals surface area contributed by atoms with Crippen molar-refractivity contribution in [2.45, 2.75) is 26.1 Å². The molecule has 0 atom stereocenters. The van der Waals surface area contributed by atoms with E-state index in [4.69, 9.17) is 16.3 Å². The number of rotatable bonds is 5. The van der Waals surface area contributed by atoms with E-state index >= 15 is 0 Å². The van der Waals surface area contributed by atoms with Gasteiger partial charge in [0.05, 0.1) is 12.5 Å². The van der Waals surface area contributed by atoms with Crippen LogP contribution in [0.15, 0.2) is 22.7 Å². The molecular weight excluding hydrogens is 275 g/mol. The molecule has 0 aliphatic carbocycles. The number of hydrogen-bond acceptors (Lipinski definition) is 1. The molecule has 0 aliphatic heterocycles. The summed E-state index contributed by atoms with van der Waals surface area (Å²) in [5.74, 6) is 2.05. The predicted octanol–water partition coefficient (Wildman–Crippen LogP) is 4.61. The van der Waals surface area contributed by atoms with Crippen LogP contribution in [0.4, 0.5) is 0 Å². The zero-order chi connectivity index (χ0) is 11.3. The molecule has 1 rings (SSSR count). The molecule has 0 saturated heterocycles. The summed E-state index contributed by atoms with van der Waals surface area (Å²) in [5, 5.41) is 0. The predicted molar refractivity (Wildman–Crippen MR) is 68.6 cm³/mol. The summed E-state index contributed by atoms with van der Waals surface area (Å²) in [6, 6.07) is 5.93. The summed E-state index contributed by atoms with van der Waals surface area (Å²) in [6.07, 6.45) is 1.07. The minimum Gasteiger partial charge on any atom is -0.493 e. The van der Waals surface area contributed by atoms with Crippen molar-refractivity contribution in [3.05, 3.63) is 28.2 Å². The molecule has 1 aromatic carbocycles. The van der Waals surface area contributed by atoms with E-state index < -0.39 is 0 Å². The second kappa shape index (κ2) is 6.39. The molecule has 0 radical (unpaired) electrons. The zero-order valence-electron chi connectivity index (χ0n) is 9.09. The van der Waals surface area contributed by atoms with Crippen LogP contribution in [0.2, 0.25) is 0 Å². The van der Waals surface area contributed by atoms with Gasteiger partial charge in [0.15, 0.2) is 0 Å². The van der Waals surface area contributed by atoms with Crippen molar-refractivity contribution in [1.29, 1.82) is 0 Å². The number of alkyl halides is 1. The van der Waals surface area contributed by atoms with Gasteiger partial charge in [-0.15, -0.1) is 11.6 Å². The number of hydrogen-bond donors (Lipinski definition) is 0. The fourth-order valence-electron chi connectivity index (χ4n) is 1.20. The summed E-state index contributed by atoms with van der Waals surface area (Å²) in [7, 11) is 0. The Balaban J connectivity index is 2.60. The molecule has 0 amide bonds. The van der Waals surface area contributed by atoms with Crippen LogP contribution in [-0.2, 0) is 5.88 Å². The second-order valence-corrected chi connectivity index (χ2v) is 5.10. The van der Waals surface area contributed by atoms with Gasteiger partial charge < -0.3 is 4.74 Å². The Hall–Kier alpha value is -0.210. The van der Waals surface area contributed by atoms with Crippen molar-refractivity contribution in [3.8, 4) is 5.75 Å². The van der Waals surface area contributed by atoms with Crippen molar-refractivity contribution in [2.75, 3.05) is 6.61 Å². The van der Waals surface area contributed by atoms with Crippen molar-refractivity contribution in [3.63, 3.8) is 0 Å². The van der Waals surface area contributed by atoms with Crippen LogP contribution in [0, 0.1) is 5.92 Å². The third-order valence-corrected chi connectivity index (χ3v) is 2.90. The Kier molecular flexibility index (Phi) is 5.48. The average Bonchev–Trinajstić information content (AvgIpc) is 2.19. The maximum atomic E-state index is 5.84. The Labute approximate surface area is 105 Å². The van der Waals surface area contributed by atoms with Crippen molar-refractivity contribution in [1.82, 2.24) is 0 Å². The third-order valence-electron chi connectivity index (χ3n) is 2.12. The summed E-state index contributed by atoms with van der Waals surface area (Å²) in [5.41, 5.74) is 1.04. The van der Waals surface area contributed by atoms with Crippen LogP contribution in [0.3, 0.4) is 0 Å². The van der Waals surface area contributed by atoms with E-state index in [2.05, 4.69) is 29.8 Å². The normalized spacial score (nSPS) is 10.7. The smallest absolute Gasteiger partial charge is 0.123 e. The molecule has 0 aliphatic rings. The summed E-state index contributed by atoms with van der Waals surface area (Å²) < 4.78 is 6.73. The van der Waals surface area contributed by atoms with E-state index in [0.717, 1.165) is 28.8 Å². The van der Waals surface area contributed by atoms with Gasteiger partial charge in [0.2, 0.25) is 0 Å². The van der Waals surface area contributed by atoms with E-state index in [1.165, 1.54) is 0 Å². The molecule has 1 nitrogen and oxygen atoms in total. The van der Waals surface area contributed by atoms with Gasteiger partial charge in [-0.2, -0.15) is 0 Å². The molecule has 0 N–H and O–H groups in total. The quantitative estimate of drug-likeness (QED) is 0.720. The van der Waals surface area contributed by atoms with Gasteiger partial charge in [-0.05, 0) is 30.5 Å². The van der Waals surface area contributed by atoms with Crippen molar-refractivity contribution in [2.24, 2.45) is 5.92 Å². The lowest BCUT2D eigenvalue weighted by molar-refractivity contribution is 0.287. The van der Waals surface area contributed by atoms with Crippen LogP contribution >= 0.6 is 27.5 Å². The maximum Gasteiger partial charge on any atom is 0.123 e. The molecule has 15 heavy (non-hydrogen) atoms. The number of ether oxygens (including phenoxy) is 1. The molecule has 84 valence electrons. The lowest BCUT2D eigenvalue weighted by atomic mass is 10.1. The zero-order valence-corrected chi connectivity index (χ0v) is 11.4. The fourth-order valence-corrected chi connectivity index (χ4v) is 1.82. The van der Waals surface area contributed by atoms with Gasteiger partial charge in [-0.1, -0.05) is 29.8 Å². The molecule has 0 unspecified atom stereocenters. The first kappa shape index (κ1) is 12.9. The van der Waals surface area contributed by atoms with E-state index in [9.17, 15) is 0 Å². The first-order valence-electron chi connectivity index (χ1n) is 5.10. The molecule has 0 bridgehead atoms. The molecule has 0 saturated carbocycles. The number of benzene rings is 1. The van der Waals surface area contributed by atoms with Gasteiger partial charge in [0.25, 0.3) is 0 Å². The largest absolute Gasteiger partial charge is 0.493 e. The standard InChI is InChI=1S/C12H16BrClO/c1-9(2)5-6-15-12-4-3-11(13)7-10(12)8-14/h3-4,7,9H,5-6,8H2,1-2H3. The highest BCUT2D eigenvalue weighted by Crippen LogP contribution is 2.25. The molecule has 0 aromatic heterocycles. The average molecular weight is 292 g/mol. The highest BCUT2D eigenvalue weighted by Gasteiger charge is 2.03. The minimum absolute atomic E-state index is 0.483. The molecule has 0 fully saturated rings. The van der Waals surface area contributed by atoms with Crippen LogP contribution in [0.25, 0.3) is 0 Å². The molecule has 0 heterocycles. The van der Waals surface area contributed by atoms with Gasteiger partial charge in [0, 0.05) is 10.0 Å². The molecule has 1 aromatic rings. The van der Waals surface area contributed by atoms with E-state index in [-0.39, 0.29) is 0 Å². The summed E-state index contributed by atoms with van der Waals surface area (Å²) in [6.45, 7) is 5.13. The van der Waals surface area contributed by atoms with Gasteiger partial charge in [-0.25, -0.2) is 0 Å². The van der Waals surface area contributed by atoms with Crippen LogP contribution in [-0.4, -0.2) is 6.61 Å². The molecule has 3 heteroatoms. The Morgan fingerprint density at radius 1 is 1.40 bits per heavy atom. The third kappa shape index (κ3) is 4.43. The highest BCUT2D eigenvalue weighted by molar-refractivity contribution is 9.10. The monoisotopic (exact) mass is 290 g/mol. The minimum atomic E-state index is 0.483. The SMILES string of the molecule is CC(C)CCOc1ccc(Br)cc1CCl. The van der Waals surface area contributed by atoms with Gasteiger partial charge in [0.1, 0.15) is 5.75 Å². The summed E-state index contributed by atoms with van der Waals surface area (Å²) in [4.78, 5) is 0. The first-order valence-corrected chi connectivity index (χ1v) is 6.43. The van der Waals surface area contributed by atoms with Crippen molar-refractivity contribution >= 4 is 27.5 Å². The van der Waals surface area contributed by atoms with E-state index in [1.807, 2.05) is 18.2 Å². The maximum absolute atomic E-state index is 5.84. The van der Waals surface area contributed by atoms with E-state index in [0.29, 0.717) is 11.8 Å². The Bertz CT molecular complexity index is 312. The molecular formula is C12H16BrClO. The fraction of sp³-hybridized carbons (Fsp3) is 0.500. The lowest BCUT2D eigenvalue weighted by Gasteiger charge is -2.11. The second-order valence-electron chi connectivity index (χ2n) is 3.92. The molecule has 0 spiro atoms. The van der Waals surface area contributed by atoms with Crippen LogP contribution in [0.5, 0.6) is 5.75 Å². The lowest BCUT2D eigenvalue weighted by Crippen LogP contribution is -2.02. The van der Waals surface area contributed by atoms with Gasteiger partial charge in [-0.3, -0.25) is 0 Å². The van der Waals surface area contributed by atoms with Gasteiger partial charge >= 0.3 is 0 Å². The first-order chi connectivity index (χ1) is 7.13. The van der Waals surface area contributed by atoms with Crippen LogP contribution in [0.1, 0.15) is 25.8 Å². The summed E-state index contributed by atoms with van der Waals surface area (Å²) >= 11 is 9.26. The highest BCUT2D eigenvalue weighted by atomic mass is 79.9. The Morgan fingerprint density at radius 3 is 2.73 bits per heavy atom. The van der Waals surface area contributed by atoms with Crippen molar-refractivity contribution < 1.29 is 4.74 Å². The van der Waals surface area contributed by atoms with E-state index in [1.54, 1.807) is 0 Å². The number of halogens is 2. The van der Waals surface area contributed by atoms with Crippen LogP contribution < -0.4 is 4.74 Å².